The fourth-order valence-electron chi connectivity index (χ4n) is 0.959. The third-order valence-electron chi connectivity index (χ3n) is 1.72. The second-order valence-electron chi connectivity index (χ2n) is 4.38. The Bertz CT molecular complexity index is 391. The van der Waals surface area contributed by atoms with Crippen LogP contribution in [-0.2, 0) is 0 Å². The number of para-hydroxylation sites is 1. The van der Waals surface area contributed by atoms with Gasteiger partial charge in [-0.2, -0.15) is 5.10 Å². The summed E-state index contributed by atoms with van der Waals surface area (Å²) >= 11 is 0. The van der Waals surface area contributed by atoms with Crippen LogP contribution in [0.15, 0.2) is 34.4 Å². The molecular formula is C12H17N3O. The van der Waals surface area contributed by atoms with Gasteiger partial charge in [-0.05, 0) is 32.9 Å². The lowest BCUT2D eigenvalue weighted by Gasteiger charge is -2.09. The number of nitrogens with zero attached hydrogens (tertiary/aromatic N) is 2. The van der Waals surface area contributed by atoms with Gasteiger partial charge < -0.3 is 5.11 Å². The maximum absolute atomic E-state index is 9.44. The largest absolute Gasteiger partial charge is 0.507 e. The predicted octanol–water partition coefficient (Wildman–Crippen LogP) is 2.14. The number of phenols is 1. The van der Waals surface area contributed by atoms with E-state index in [1.807, 2.05) is 26.8 Å². The number of hydrogen-bond donors (Lipinski definition) is 2. The molecule has 0 heterocycles. The Kier molecular flexibility index (Phi) is 4.05. The summed E-state index contributed by atoms with van der Waals surface area (Å²) in [6.07, 6.45) is 3.08. The number of nitrogens with one attached hydrogen (secondary N) is 1. The smallest absolute Gasteiger partial charge is 0.124 e. The van der Waals surface area contributed by atoms with Crippen LogP contribution >= 0.6 is 0 Å². The van der Waals surface area contributed by atoms with Crippen molar-refractivity contribution in [3.05, 3.63) is 29.8 Å². The summed E-state index contributed by atoms with van der Waals surface area (Å²) in [4.78, 5) is 4.20. The summed E-state index contributed by atoms with van der Waals surface area (Å²) < 4.78 is 0. The normalized spacial score (nSPS) is 12.4. The van der Waals surface area contributed by atoms with Gasteiger partial charge in [0.15, 0.2) is 0 Å². The number of benzene rings is 1. The van der Waals surface area contributed by atoms with Gasteiger partial charge in [0.1, 0.15) is 12.1 Å². The SMILES string of the molecule is CC(C)(C)N=CN/N=C/c1ccccc1O. The monoisotopic (exact) mass is 219 g/mol. The van der Waals surface area contributed by atoms with E-state index >= 15 is 0 Å². The van der Waals surface area contributed by atoms with E-state index in [-0.39, 0.29) is 11.3 Å². The summed E-state index contributed by atoms with van der Waals surface area (Å²) in [6, 6.07) is 7.00. The predicted molar refractivity (Wildman–Crippen MR) is 67.1 cm³/mol. The molecule has 1 rings (SSSR count). The molecule has 0 fully saturated rings. The molecule has 0 saturated carbocycles. The Balaban J connectivity index is 2.50. The van der Waals surface area contributed by atoms with Crippen molar-refractivity contribution in [1.82, 2.24) is 5.43 Å². The van der Waals surface area contributed by atoms with E-state index in [9.17, 15) is 5.11 Å². The minimum Gasteiger partial charge on any atom is -0.507 e. The van der Waals surface area contributed by atoms with Gasteiger partial charge in [-0.25, -0.2) is 0 Å². The highest BCUT2D eigenvalue weighted by atomic mass is 16.3. The molecule has 0 aromatic heterocycles. The number of hydrogen-bond acceptors (Lipinski definition) is 3. The van der Waals surface area contributed by atoms with Crippen LogP contribution in [0.2, 0.25) is 0 Å². The Morgan fingerprint density at radius 3 is 2.56 bits per heavy atom. The standard InChI is InChI=1S/C12H17N3O/c1-12(2,3)13-9-15-14-8-10-6-4-5-7-11(10)16/h4-9,16H,1-3H3,(H,13,15)/b14-8+. The fourth-order valence-corrected chi connectivity index (χ4v) is 0.959. The lowest BCUT2D eigenvalue weighted by Crippen LogP contribution is -2.13. The van der Waals surface area contributed by atoms with Crippen LogP contribution < -0.4 is 5.43 Å². The molecule has 4 heteroatoms. The first kappa shape index (κ1) is 12.2. The Labute approximate surface area is 95.7 Å². The molecule has 0 aliphatic carbocycles. The minimum absolute atomic E-state index is 0.114. The zero-order chi connectivity index (χ0) is 12.0. The van der Waals surface area contributed by atoms with E-state index in [0.29, 0.717) is 5.56 Å². The van der Waals surface area contributed by atoms with Crippen molar-refractivity contribution in [3.63, 3.8) is 0 Å². The second kappa shape index (κ2) is 5.30. The average molecular weight is 219 g/mol. The zero-order valence-electron chi connectivity index (χ0n) is 9.81. The minimum atomic E-state index is -0.114. The van der Waals surface area contributed by atoms with Crippen LogP contribution in [-0.4, -0.2) is 23.2 Å². The lowest BCUT2D eigenvalue weighted by atomic mass is 10.1. The van der Waals surface area contributed by atoms with Crippen molar-refractivity contribution >= 4 is 12.6 Å². The van der Waals surface area contributed by atoms with Gasteiger partial charge in [-0.3, -0.25) is 10.4 Å². The molecular weight excluding hydrogens is 202 g/mol. The number of rotatable bonds is 3. The molecule has 0 radical (unpaired) electrons. The van der Waals surface area contributed by atoms with Gasteiger partial charge in [0.25, 0.3) is 0 Å². The van der Waals surface area contributed by atoms with Gasteiger partial charge in [-0.1, -0.05) is 12.1 Å². The van der Waals surface area contributed by atoms with E-state index in [1.165, 1.54) is 6.34 Å². The maximum atomic E-state index is 9.44. The van der Waals surface area contributed by atoms with Crippen LogP contribution in [0, 0.1) is 0 Å². The van der Waals surface area contributed by atoms with Crippen molar-refractivity contribution < 1.29 is 5.11 Å². The van der Waals surface area contributed by atoms with Crippen LogP contribution in [0.3, 0.4) is 0 Å². The van der Waals surface area contributed by atoms with Crippen molar-refractivity contribution in [3.8, 4) is 5.75 Å². The van der Waals surface area contributed by atoms with E-state index in [0.717, 1.165) is 0 Å². The first-order valence-electron chi connectivity index (χ1n) is 5.09. The number of hydrazone groups is 1. The Morgan fingerprint density at radius 2 is 1.94 bits per heavy atom. The molecule has 0 amide bonds. The van der Waals surface area contributed by atoms with Crippen molar-refractivity contribution in [2.45, 2.75) is 26.3 Å². The van der Waals surface area contributed by atoms with Crippen molar-refractivity contribution in [2.24, 2.45) is 10.1 Å². The summed E-state index contributed by atoms with van der Waals surface area (Å²) in [6.45, 7) is 5.99. The Morgan fingerprint density at radius 1 is 1.25 bits per heavy atom. The van der Waals surface area contributed by atoms with E-state index in [2.05, 4.69) is 15.5 Å². The molecule has 0 aliphatic heterocycles. The van der Waals surface area contributed by atoms with Gasteiger partial charge in [0, 0.05) is 5.56 Å². The van der Waals surface area contributed by atoms with E-state index in [4.69, 9.17) is 0 Å². The number of aliphatic imine (C=N–C) groups is 1. The summed E-state index contributed by atoms with van der Waals surface area (Å²) in [7, 11) is 0. The Hall–Kier alpha value is -1.84. The van der Waals surface area contributed by atoms with Gasteiger partial charge in [0.2, 0.25) is 0 Å². The molecule has 0 unspecified atom stereocenters. The second-order valence-corrected chi connectivity index (χ2v) is 4.38. The van der Waals surface area contributed by atoms with Gasteiger partial charge >= 0.3 is 0 Å². The maximum Gasteiger partial charge on any atom is 0.124 e. The first-order valence-corrected chi connectivity index (χ1v) is 5.09. The summed E-state index contributed by atoms with van der Waals surface area (Å²) in [5, 5.41) is 13.4. The van der Waals surface area contributed by atoms with Crippen molar-refractivity contribution in [2.75, 3.05) is 0 Å². The molecule has 0 aliphatic rings. The highest BCUT2D eigenvalue weighted by Crippen LogP contribution is 2.12. The van der Waals surface area contributed by atoms with Crippen LogP contribution in [0.5, 0.6) is 5.75 Å². The van der Waals surface area contributed by atoms with Gasteiger partial charge in [-0.15, -0.1) is 0 Å². The van der Waals surface area contributed by atoms with Crippen LogP contribution in [0.4, 0.5) is 0 Å². The molecule has 4 nitrogen and oxygen atoms in total. The number of phenolic OH excluding ortho intramolecular Hbond substituents is 1. The highest BCUT2D eigenvalue weighted by molar-refractivity contribution is 5.83. The molecule has 0 atom stereocenters. The topological polar surface area (TPSA) is 57.0 Å². The molecule has 1 aromatic rings. The fraction of sp³-hybridized carbons (Fsp3) is 0.333. The first-order chi connectivity index (χ1) is 7.49. The highest BCUT2D eigenvalue weighted by Gasteiger charge is 2.03. The lowest BCUT2D eigenvalue weighted by molar-refractivity contribution is 0.474. The zero-order valence-corrected chi connectivity index (χ0v) is 9.81. The molecule has 86 valence electrons. The number of aromatic hydroxyl groups is 1. The third kappa shape index (κ3) is 4.59. The molecule has 0 saturated heterocycles. The van der Waals surface area contributed by atoms with Crippen LogP contribution in [0.1, 0.15) is 26.3 Å². The average Bonchev–Trinajstić information content (AvgIpc) is 2.18. The van der Waals surface area contributed by atoms with E-state index < -0.39 is 0 Å². The molecule has 0 spiro atoms. The van der Waals surface area contributed by atoms with Crippen LogP contribution in [0.25, 0.3) is 0 Å². The third-order valence-corrected chi connectivity index (χ3v) is 1.72. The summed E-state index contributed by atoms with van der Waals surface area (Å²) in [5.74, 6) is 0.209. The molecule has 2 N–H and O–H groups in total. The van der Waals surface area contributed by atoms with E-state index in [1.54, 1.807) is 24.4 Å². The molecule has 1 aromatic carbocycles. The molecule has 0 bridgehead atoms. The summed E-state index contributed by atoms with van der Waals surface area (Å²) in [5.41, 5.74) is 3.24. The van der Waals surface area contributed by atoms with Gasteiger partial charge in [0.05, 0.1) is 11.8 Å². The molecule has 16 heavy (non-hydrogen) atoms. The van der Waals surface area contributed by atoms with Crippen molar-refractivity contribution in [1.29, 1.82) is 0 Å². The quantitative estimate of drug-likeness (QED) is 0.465.